The van der Waals surface area contributed by atoms with Gasteiger partial charge in [0.05, 0.1) is 23.0 Å². The summed E-state index contributed by atoms with van der Waals surface area (Å²) in [4.78, 5) is 26.0. The van der Waals surface area contributed by atoms with Crippen LogP contribution in [0.1, 0.15) is 18.7 Å². The van der Waals surface area contributed by atoms with Gasteiger partial charge in [0.25, 0.3) is 0 Å². The number of aromatic nitrogens is 4. The molecule has 0 saturated heterocycles. The summed E-state index contributed by atoms with van der Waals surface area (Å²) < 4.78 is 38.4. The highest BCUT2D eigenvalue weighted by atomic mass is 19.4. The summed E-state index contributed by atoms with van der Waals surface area (Å²) in [6.45, 7) is 0. The third-order valence-electron chi connectivity index (χ3n) is 4.42. The number of anilines is 1. The molecule has 0 aromatic carbocycles. The Morgan fingerprint density at radius 3 is 2.74 bits per heavy atom. The van der Waals surface area contributed by atoms with E-state index in [9.17, 15) is 23.1 Å². The van der Waals surface area contributed by atoms with Crippen molar-refractivity contribution in [1.82, 2.24) is 19.9 Å². The Hall–Kier alpha value is -3.01. The lowest BCUT2D eigenvalue weighted by atomic mass is 9.82. The number of halogens is 3. The highest BCUT2D eigenvalue weighted by molar-refractivity contribution is 5.94. The molecule has 1 aliphatic rings. The van der Waals surface area contributed by atoms with Crippen molar-refractivity contribution in [3.05, 3.63) is 36.4 Å². The molecule has 0 spiro atoms. The molecule has 0 atom stereocenters. The molecular formula is C17H14F3N5O2. The summed E-state index contributed by atoms with van der Waals surface area (Å²) in [6, 6.07) is 4.59. The number of carbonyl (C=O) groups excluding carboxylic acids is 1. The van der Waals surface area contributed by atoms with Gasteiger partial charge in [0.1, 0.15) is 5.82 Å². The number of fused-ring (bicyclic) bond motifs is 1. The molecule has 1 fully saturated rings. The maximum atomic E-state index is 12.8. The first kappa shape index (κ1) is 17.4. The Kier molecular flexibility index (Phi) is 4.06. The standard InChI is InChI=1S/C17H14F3N5O2/c18-17(19,20)16-21-2-1-11(24-16)13-5-9-7-22-14(6-12(9)23-13)25-15(27)8-3-10(26)4-8/h1-2,5-8,10,23,26H,3-4H2,(H,22,25,27). The highest BCUT2D eigenvalue weighted by Crippen LogP contribution is 2.30. The first-order valence-electron chi connectivity index (χ1n) is 8.18. The molecule has 3 aromatic rings. The number of aliphatic hydroxyl groups is 1. The van der Waals surface area contributed by atoms with E-state index >= 15 is 0 Å². The third-order valence-corrected chi connectivity index (χ3v) is 4.42. The van der Waals surface area contributed by atoms with Crippen molar-refractivity contribution in [1.29, 1.82) is 0 Å². The van der Waals surface area contributed by atoms with Gasteiger partial charge < -0.3 is 15.4 Å². The molecule has 7 nitrogen and oxygen atoms in total. The molecule has 4 rings (SSSR count). The second kappa shape index (κ2) is 6.31. The van der Waals surface area contributed by atoms with Gasteiger partial charge in [0.2, 0.25) is 11.7 Å². The lowest BCUT2D eigenvalue weighted by Crippen LogP contribution is -2.37. The summed E-state index contributed by atoms with van der Waals surface area (Å²) in [7, 11) is 0. The van der Waals surface area contributed by atoms with Gasteiger partial charge in [-0.25, -0.2) is 15.0 Å². The molecule has 10 heteroatoms. The molecule has 0 radical (unpaired) electrons. The number of aromatic amines is 1. The Labute approximate surface area is 150 Å². The van der Waals surface area contributed by atoms with Gasteiger partial charge in [0.15, 0.2) is 0 Å². The molecule has 0 aliphatic heterocycles. The van der Waals surface area contributed by atoms with Crippen LogP contribution in [0.4, 0.5) is 19.0 Å². The van der Waals surface area contributed by atoms with E-state index in [1.54, 1.807) is 12.1 Å². The molecular weight excluding hydrogens is 363 g/mol. The van der Waals surface area contributed by atoms with Crippen molar-refractivity contribution in [3.8, 4) is 11.4 Å². The van der Waals surface area contributed by atoms with Gasteiger partial charge in [-0.05, 0) is 25.0 Å². The number of hydrogen-bond donors (Lipinski definition) is 3. The van der Waals surface area contributed by atoms with Crippen molar-refractivity contribution >= 4 is 22.6 Å². The first-order valence-corrected chi connectivity index (χ1v) is 8.18. The van der Waals surface area contributed by atoms with Crippen molar-refractivity contribution in [3.63, 3.8) is 0 Å². The van der Waals surface area contributed by atoms with Crippen LogP contribution in [0.25, 0.3) is 22.3 Å². The number of alkyl halides is 3. The minimum absolute atomic E-state index is 0.0996. The average molecular weight is 377 g/mol. The topological polar surface area (TPSA) is 104 Å². The first-order chi connectivity index (χ1) is 12.8. The summed E-state index contributed by atoms with van der Waals surface area (Å²) in [6.07, 6.45) is -1.65. The monoisotopic (exact) mass is 377 g/mol. The fourth-order valence-corrected chi connectivity index (χ4v) is 2.91. The smallest absolute Gasteiger partial charge is 0.393 e. The molecule has 3 heterocycles. The van der Waals surface area contributed by atoms with Crippen LogP contribution < -0.4 is 5.32 Å². The van der Waals surface area contributed by atoms with E-state index < -0.39 is 18.1 Å². The van der Waals surface area contributed by atoms with Gasteiger partial charge in [-0.1, -0.05) is 0 Å². The van der Waals surface area contributed by atoms with Gasteiger partial charge in [-0.2, -0.15) is 13.2 Å². The van der Waals surface area contributed by atoms with Crippen molar-refractivity contribution in [2.75, 3.05) is 5.32 Å². The van der Waals surface area contributed by atoms with Crippen LogP contribution in [-0.4, -0.2) is 37.1 Å². The van der Waals surface area contributed by atoms with Crippen LogP contribution in [0.3, 0.4) is 0 Å². The Bertz CT molecular complexity index is 1010. The van der Waals surface area contributed by atoms with Crippen LogP contribution in [0.5, 0.6) is 0 Å². The number of rotatable bonds is 3. The van der Waals surface area contributed by atoms with Crippen LogP contribution in [-0.2, 0) is 11.0 Å². The zero-order valence-electron chi connectivity index (χ0n) is 13.8. The molecule has 3 aromatic heterocycles. The Balaban J connectivity index is 1.59. The van der Waals surface area contributed by atoms with Crippen molar-refractivity contribution in [2.24, 2.45) is 5.92 Å². The van der Waals surface area contributed by atoms with Gasteiger partial charge in [-0.3, -0.25) is 4.79 Å². The molecule has 1 saturated carbocycles. The molecule has 1 aliphatic carbocycles. The number of pyridine rings is 1. The lowest BCUT2D eigenvalue weighted by molar-refractivity contribution is -0.144. The number of amides is 1. The van der Waals surface area contributed by atoms with Crippen LogP contribution >= 0.6 is 0 Å². The Morgan fingerprint density at radius 2 is 2.04 bits per heavy atom. The number of carbonyl (C=O) groups is 1. The minimum atomic E-state index is -4.63. The SMILES string of the molecule is O=C(Nc1cc2[nH]c(-c3ccnc(C(F)(F)F)n3)cc2cn1)C1CC(O)C1. The van der Waals surface area contributed by atoms with E-state index in [2.05, 4.69) is 25.3 Å². The zero-order valence-corrected chi connectivity index (χ0v) is 13.8. The van der Waals surface area contributed by atoms with E-state index in [-0.39, 0.29) is 17.5 Å². The van der Waals surface area contributed by atoms with Crippen LogP contribution in [0, 0.1) is 5.92 Å². The summed E-state index contributed by atoms with van der Waals surface area (Å²) in [5.74, 6) is -1.35. The lowest BCUT2D eigenvalue weighted by Gasteiger charge is -2.29. The molecule has 0 unspecified atom stereocenters. The normalized spacial score (nSPS) is 19.7. The number of H-pyrrole nitrogens is 1. The van der Waals surface area contributed by atoms with Gasteiger partial charge >= 0.3 is 6.18 Å². The maximum Gasteiger partial charge on any atom is 0.451 e. The predicted octanol–water partition coefficient (Wildman–Crippen LogP) is 2.75. The van der Waals surface area contributed by atoms with Crippen molar-refractivity contribution in [2.45, 2.75) is 25.1 Å². The second-order valence-corrected chi connectivity index (χ2v) is 6.41. The fraction of sp³-hybridized carbons (Fsp3) is 0.294. The predicted molar refractivity (Wildman–Crippen MR) is 89.5 cm³/mol. The van der Waals surface area contributed by atoms with Gasteiger partial charge in [-0.15, -0.1) is 0 Å². The largest absolute Gasteiger partial charge is 0.451 e. The van der Waals surface area contributed by atoms with E-state index in [1.165, 1.54) is 12.3 Å². The zero-order chi connectivity index (χ0) is 19.2. The number of aliphatic hydroxyl groups excluding tert-OH is 1. The number of nitrogens with zero attached hydrogens (tertiary/aromatic N) is 3. The molecule has 3 N–H and O–H groups in total. The summed E-state index contributed by atoms with van der Waals surface area (Å²) >= 11 is 0. The third kappa shape index (κ3) is 3.47. The minimum Gasteiger partial charge on any atom is -0.393 e. The van der Waals surface area contributed by atoms with E-state index in [0.29, 0.717) is 35.3 Å². The molecule has 0 bridgehead atoms. The van der Waals surface area contributed by atoms with E-state index in [4.69, 9.17) is 0 Å². The average Bonchev–Trinajstić information content (AvgIpc) is 3.01. The second-order valence-electron chi connectivity index (χ2n) is 6.41. The summed E-state index contributed by atoms with van der Waals surface area (Å²) in [5.41, 5.74) is 1.07. The fourth-order valence-electron chi connectivity index (χ4n) is 2.91. The van der Waals surface area contributed by atoms with E-state index in [1.807, 2.05) is 0 Å². The quantitative estimate of drug-likeness (QED) is 0.651. The van der Waals surface area contributed by atoms with Crippen LogP contribution in [0.15, 0.2) is 30.6 Å². The number of hydrogen-bond acceptors (Lipinski definition) is 5. The maximum absolute atomic E-state index is 12.8. The highest BCUT2D eigenvalue weighted by Gasteiger charge is 2.35. The number of nitrogens with one attached hydrogen (secondary N) is 2. The van der Waals surface area contributed by atoms with Crippen molar-refractivity contribution < 1.29 is 23.1 Å². The van der Waals surface area contributed by atoms with Crippen LogP contribution in [0.2, 0.25) is 0 Å². The molecule has 140 valence electrons. The molecule has 27 heavy (non-hydrogen) atoms. The van der Waals surface area contributed by atoms with Gasteiger partial charge in [0, 0.05) is 29.8 Å². The Morgan fingerprint density at radius 1 is 1.26 bits per heavy atom. The molecule has 1 amide bonds. The summed E-state index contributed by atoms with van der Waals surface area (Å²) in [5, 5.41) is 12.6. The van der Waals surface area contributed by atoms with E-state index in [0.717, 1.165) is 6.20 Å².